The summed E-state index contributed by atoms with van der Waals surface area (Å²) in [6.45, 7) is 2.60. The van der Waals surface area contributed by atoms with Crippen LogP contribution in [0.3, 0.4) is 0 Å². The lowest BCUT2D eigenvalue weighted by molar-refractivity contribution is -0.158. The second kappa shape index (κ2) is 3.24. The van der Waals surface area contributed by atoms with Gasteiger partial charge in [0, 0.05) is 0 Å². The van der Waals surface area contributed by atoms with Gasteiger partial charge < -0.3 is 5.11 Å². The van der Waals surface area contributed by atoms with Crippen LogP contribution in [0.4, 0.5) is 0 Å². The molecule has 3 atom stereocenters. The topological polar surface area (TPSA) is 91.8 Å². The normalized spacial score (nSPS) is 41.9. The van der Waals surface area contributed by atoms with Gasteiger partial charge >= 0.3 is 5.97 Å². The van der Waals surface area contributed by atoms with Crippen molar-refractivity contribution in [3.8, 4) is 0 Å². The number of carbonyl (C=O) groups excluding carboxylic acids is 1. The Balaban J connectivity index is 2.72. The number of nitrogens with zero attached hydrogens (tertiary/aromatic N) is 1. The Labute approximate surface area is 115 Å². The number of aliphatic carboxylic acids is 1. The summed E-state index contributed by atoms with van der Waals surface area (Å²) in [5.74, 6) is -1.93. The van der Waals surface area contributed by atoms with Gasteiger partial charge in [0.05, 0.1) is 0 Å². The molecular weight excluding hydrogens is 382 g/mol. The van der Waals surface area contributed by atoms with E-state index in [4.69, 9.17) is 0 Å². The van der Waals surface area contributed by atoms with Gasteiger partial charge in [0.2, 0.25) is 10.4 Å². The highest BCUT2D eigenvalue weighted by Crippen LogP contribution is 2.56. The molecule has 6 nitrogen and oxygen atoms in total. The molecule has 2 saturated heterocycles. The van der Waals surface area contributed by atoms with Crippen molar-refractivity contribution in [2.45, 2.75) is 33.2 Å². The number of hydrogen-bond acceptors (Lipinski definition) is 4. The maximum atomic E-state index is 12.2. The van der Waals surface area contributed by atoms with Crippen LogP contribution < -0.4 is 0 Å². The van der Waals surface area contributed by atoms with E-state index in [2.05, 4.69) is 31.9 Å². The molecule has 0 radical (unpaired) electrons. The van der Waals surface area contributed by atoms with E-state index >= 15 is 0 Å². The molecule has 0 spiro atoms. The number of β-lactam (4-membered cyclic amide) rings is 1. The van der Waals surface area contributed by atoms with Gasteiger partial charge in [-0.2, -0.15) is 0 Å². The number of carboxylic acid groups (broad SMARTS) is 1. The smallest absolute Gasteiger partial charge is 0.342 e. The molecule has 0 unspecified atom stereocenters. The number of hydrogen-bond donors (Lipinski definition) is 1. The zero-order valence-corrected chi connectivity index (χ0v) is 12.8. The number of sulfone groups is 1. The number of rotatable bonds is 1. The van der Waals surface area contributed by atoms with Crippen LogP contribution in [0.25, 0.3) is 0 Å². The second-order valence-electron chi connectivity index (χ2n) is 4.48. The first-order chi connectivity index (χ1) is 7.51. The average molecular weight is 391 g/mol. The third-order valence-electron chi connectivity index (χ3n) is 3.42. The van der Waals surface area contributed by atoms with Gasteiger partial charge in [-0.3, -0.25) is 9.69 Å². The van der Waals surface area contributed by atoms with E-state index in [1.807, 2.05) is 0 Å². The van der Waals surface area contributed by atoms with Crippen molar-refractivity contribution < 1.29 is 23.1 Å². The Hall–Kier alpha value is -0.150. The molecule has 0 saturated carbocycles. The van der Waals surface area contributed by atoms with Crippen LogP contribution in [-0.2, 0) is 19.4 Å². The Morgan fingerprint density at radius 2 is 1.94 bits per heavy atom. The van der Waals surface area contributed by atoms with Crippen molar-refractivity contribution >= 4 is 53.6 Å². The van der Waals surface area contributed by atoms with E-state index in [0.717, 1.165) is 4.90 Å². The largest absolute Gasteiger partial charge is 0.479 e. The predicted octanol–water partition coefficient (Wildman–Crippen LogP) is 0.301. The zero-order valence-electron chi connectivity index (χ0n) is 8.85. The van der Waals surface area contributed by atoms with Crippen molar-refractivity contribution in [2.24, 2.45) is 0 Å². The fourth-order valence-electron chi connectivity index (χ4n) is 2.19. The van der Waals surface area contributed by atoms with E-state index in [9.17, 15) is 23.1 Å². The number of fused-ring (bicyclic) bond motifs is 1. The highest BCUT2D eigenvalue weighted by atomic mass is 79.9. The molecule has 2 aliphatic rings. The van der Waals surface area contributed by atoms with Gasteiger partial charge in [-0.15, -0.1) is 0 Å². The summed E-state index contributed by atoms with van der Waals surface area (Å²) in [6, 6.07) is 0. The number of alkyl halides is 2. The van der Waals surface area contributed by atoms with E-state index in [1.165, 1.54) is 13.8 Å². The molecule has 0 aromatic rings. The predicted molar refractivity (Wildman–Crippen MR) is 65.6 cm³/mol. The lowest BCUT2D eigenvalue weighted by atomic mass is 9.98. The lowest BCUT2D eigenvalue weighted by Crippen LogP contribution is -2.68. The van der Waals surface area contributed by atoms with Crippen molar-refractivity contribution in [1.29, 1.82) is 0 Å². The minimum absolute atomic E-state index is 0.538. The van der Waals surface area contributed by atoms with Gasteiger partial charge in [0.1, 0.15) is 9.57 Å². The van der Waals surface area contributed by atoms with Crippen LogP contribution >= 0.6 is 31.9 Å². The maximum Gasteiger partial charge on any atom is 0.342 e. The van der Waals surface area contributed by atoms with Gasteiger partial charge in [0.15, 0.2) is 15.2 Å². The number of carboxylic acids is 1. The monoisotopic (exact) mass is 389 g/mol. The molecule has 2 fully saturated rings. The van der Waals surface area contributed by atoms with Crippen LogP contribution in [0, 0.1) is 0 Å². The molecule has 2 aliphatic heterocycles. The molecule has 2 heterocycles. The van der Waals surface area contributed by atoms with Gasteiger partial charge in [0.25, 0.3) is 0 Å². The van der Waals surface area contributed by atoms with Gasteiger partial charge in [-0.1, -0.05) is 15.9 Å². The molecule has 0 aromatic carbocycles. The first-order valence-corrected chi connectivity index (χ1v) is 7.89. The lowest BCUT2D eigenvalue weighted by Gasteiger charge is -2.43. The fourth-order valence-corrected chi connectivity index (χ4v) is 6.85. The zero-order chi connectivity index (χ0) is 13.4. The van der Waals surface area contributed by atoms with Gasteiger partial charge in [-0.05, 0) is 29.8 Å². The number of carbonyl (C=O) groups is 2. The average Bonchev–Trinajstić information content (AvgIpc) is 2.32. The highest BCUT2D eigenvalue weighted by molar-refractivity contribution is 9.10. The van der Waals surface area contributed by atoms with Crippen molar-refractivity contribution in [3.63, 3.8) is 0 Å². The standard InChI is InChI=1S/C8H9Br2NO5S/c1-7(2)8(10,6(13)14)11-4(12)3(9)5(11)17(7,15)16/h3,5H,1-2H3,(H,13,14)/t3-,5-,8+/m1/s1. The minimum Gasteiger partial charge on any atom is -0.479 e. The Bertz CT molecular complexity index is 530. The van der Waals surface area contributed by atoms with Crippen LogP contribution in [0.2, 0.25) is 0 Å². The molecule has 96 valence electrons. The Morgan fingerprint density at radius 1 is 1.47 bits per heavy atom. The highest BCUT2D eigenvalue weighted by Gasteiger charge is 2.78. The number of amides is 1. The molecule has 0 aliphatic carbocycles. The summed E-state index contributed by atoms with van der Waals surface area (Å²) in [6.07, 6.45) is 0. The van der Waals surface area contributed by atoms with Crippen LogP contribution in [0.1, 0.15) is 13.8 Å². The first-order valence-electron chi connectivity index (χ1n) is 4.64. The third-order valence-corrected chi connectivity index (χ3v) is 9.47. The van der Waals surface area contributed by atoms with Crippen LogP contribution in [0.5, 0.6) is 0 Å². The van der Waals surface area contributed by atoms with Crippen molar-refractivity contribution in [3.05, 3.63) is 0 Å². The summed E-state index contributed by atoms with van der Waals surface area (Å²) in [7, 11) is -3.77. The summed E-state index contributed by atoms with van der Waals surface area (Å²) in [5, 5.41) is 8.12. The van der Waals surface area contributed by atoms with E-state index in [-0.39, 0.29) is 0 Å². The minimum atomic E-state index is -3.77. The molecule has 1 amide bonds. The SMILES string of the molecule is CC1(C)[C@](Br)(C(=O)O)N2C(=O)[C@@H](Br)[C@H]2S1(=O)=O. The molecule has 2 rings (SSSR count). The van der Waals surface area contributed by atoms with Crippen molar-refractivity contribution in [1.82, 2.24) is 4.90 Å². The second-order valence-corrected chi connectivity index (χ2v) is 9.21. The Kier molecular flexibility index (Phi) is 2.53. The summed E-state index contributed by atoms with van der Waals surface area (Å²) in [5.41, 5.74) is 0. The fraction of sp³-hybridized carbons (Fsp3) is 0.750. The summed E-state index contributed by atoms with van der Waals surface area (Å²) in [4.78, 5) is 23.0. The molecule has 0 bridgehead atoms. The van der Waals surface area contributed by atoms with E-state index < -0.39 is 41.1 Å². The summed E-state index contributed by atoms with van der Waals surface area (Å²) < 4.78 is 21.0. The molecule has 17 heavy (non-hydrogen) atoms. The summed E-state index contributed by atoms with van der Waals surface area (Å²) >= 11 is 5.91. The third kappa shape index (κ3) is 1.13. The van der Waals surface area contributed by atoms with Gasteiger partial charge in [-0.25, -0.2) is 13.2 Å². The van der Waals surface area contributed by atoms with E-state index in [0.29, 0.717) is 0 Å². The molecule has 1 N–H and O–H groups in total. The molecule has 0 aromatic heterocycles. The Morgan fingerprint density at radius 3 is 2.35 bits per heavy atom. The van der Waals surface area contributed by atoms with Crippen molar-refractivity contribution in [2.75, 3.05) is 0 Å². The maximum absolute atomic E-state index is 12.2. The van der Waals surface area contributed by atoms with E-state index in [1.54, 1.807) is 0 Å². The first kappa shape index (κ1) is 13.3. The quantitative estimate of drug-likeness (QED) is 0.395. The molecule has 9 heteroatoms. The van der Waals surface area contributed by atoms with Crippen LogP contribution in [0.15, 0.2) is 0 Å². The number of halogens is 2. The molecular formula is C8H9Br2NO5S. The van der Waals surface area contributed by atoms with Crippen LogP contribution in [-0.4, -0.2) is 49.7 Å².